The second-order valence-electron chi connectivity index (χ2n) is 3.99. The standard InChI is InChI=1S/C9H18N2O6S2/c1-18(15)5-4-10-9(14)11-7(8(12)13)3-6-19(2,16)17/h7H,3-6H2,1-2H3,(H,12,13)(H2,10,11,14). The third-order valence-electron chi connectivity index (χ3n) is 2.06. The highest BCUT2D eigenvalue weighted by atomic mass is 32.2. The predicted octanol–water partition coefficient (Wildman–Crippen LogP) is -1.45. The molecule has 2 atom stereocenters. The average molecular weight is 314 g/mol. The van der Waals surface area contributed by atoms with Crippen LogP contribution in [-0.2, 0) is 25.4 Å². The van der Waals surface area contributed by atoms with Gasteiger partial charge in [-0.2, -0.15) is 0 Å². The molecule has 0 saturated heterocycles. The Hall–Kier alpha value is -1.16. The minimum atomic E-state index is -3.29. The molecule has 0 aliphatic heterocycles. The molecule has 0 radical (unpaired) electrons. The van der Waals surface area contributed by atoms with Gasteiger partial charge in [0.05, 0.1) is 5.75 Å². The lowest BCUT2D eigenvalue weighted by atomic mass is 10.2. The van der Waals surface area contributed by atoms with Gasteiger partial charge in [-0.25, -0.2) is 18.0 Å². The van der Waals surface area contributed by atoms with Gasteiger partial charge in [0.25, 0.3) is 0 Å². The van der Waals surface area contributed by atoms with Gasteiger partial charge in [0, 0.05) is 35.6 Å². The molecule has 0 aromatic heterocycles. The molecule has 19 heavy (non-hydrogen) atoms. The van der Waals surface area contributed by atoms with Crippen LogP contribution in [-0.4, -0.2) is 66.3 Å². The molecule has 0 bridgehead atoms. The van der Waals surface area contributed by atoms with Gasteiger partial charge in [-0.15, -0.1) is 0 Å². The zero-order chi connectivity index (χ0) is 15.1. The first-order valence-electron chi connectivity index (χ1n) is 5.36. The van der Waals surface area contributed by atoms with E-state index in [0.717, 1.165) is 6.26 Å². The van der Waals surface area contributed by atoms with E-state index in [2.05, 4.69) is 10.6 Å². The lowest BCUT2D eigenvalue weighted by molar-refractivity contribution is -0.139. The monoisotopic (exact) mass is 314 g/mol. The maximum Gasteiger partial charge on any atom is 0.326 e. The van der Waals surface area contributed by atoms with Gasteiger partial charge in [-0.3, -0.25) is 4.21 Å². The van der Waals surface area contributed by atoms with Gasteiger partial charge in [-0.1, -0.05) is 0 Å². The van der Waals surface area contributed by atoms with Crippen LogP contribution < -0.4 is 10.6 Å². The van der Waals surface area contributed by atoms with Crippen molar-refractivity contribution in [1.82, 2.24) is 10.6 Å². The molecule has 0 aliphatic rings. The van der Waals surface area contributed by atoms with E-state index in [-0.39, 0.29) is 24.5 Å². The summed E-state index contributed by atoms with van der Waals surface area (Å²) < 4.78 is 32.6. The van der Waals surface area contributed by atoms with Crippen LogP contribution in [0.25, 0.3) is 0 Å². The molecular weight excluding hydrogens is 296 g/mol. The second kappa shape index (κ2) is 8.10. The normalized spacial score (nSPS) is 14.4. The highest BCUT2D eigenvalue weighted by molar-refractivity contribution is 7.90. The van der Waals surface area contributed by atoms with Crippen molar-refractivity contribution in [2.75, 3.05) is 30.6 Å². The van der Waals surface area contributed by atoms with Crippen LogP contribution in [0.5, 0.6) is 0 Å². The van der Waals surface area contributed by atoms with Gasteiger partial charge in [0.2, 0.25) is 0 Å². The zero-order valence-corrected chi connectivity index (χ0v) is 12.3. The second-order valence-corrected chi connectivity index (χ2v) is 7.80. The third kappa shape index (κ3) is 10.4. The molecular formula is C9H18N2O6S2. The molecule has 0 heterocycles. The van der Waals surface area contributed by atoms with Crippen LogP contribution in [0.2, 0.25) is 0 Å². The maximum absolute atomic E-state index is 11.3. The van der Waals surface area contributed by atoms with Gasteiger partial charge in [0.15, 0.2) is 0 Å². The molecule has 0 aromatic carbocycles. The smallest absolute Gasteiger partial charge is 0.326 e. The summed E-state index contributed by atoms with van der Waals surface area (Å²) in [7, 11) is -4.35. The Morgan fingerprint density at radius 3 is 2.37 bits per heavy atom. The molecule has 10 heteroatoms. The molecule has 112 valence electrons. The van der Waals surface area contributed by atoms with E-state index in [1.54, 1.807) is 0 Å². The summed E-state index contributed by atoms with van der Waals surface area (Å²) in [5.41, 5.74) is 0. The summed E-state index contributed by atoms with van der Waals surface area (Å²) in [5, 5.41) is 13.3. The van der Waals surface area contributed by atoms with E-state index in [9.17, 15) is 22.2 Å². The Bertz CT molecular complexity index is 448. The lowest BCUT2D eigenvalue weighted by Crippen LogP contribution is -2.47. The number of carbonyl (C=O) groups excluding carboxylic acids is 1. The zero-order valence-electron chi connectivity index (χ0n) is 10.7. The van der Waals surface area contributed by atoms with Gasteiger partial charge in [-0.05, 0) is 6.42 Å². The van der Waals surface area contributed by atoms with Gasteiger partial charge < -0.3 is 15.7 Å². The van der Waals surface area contributed by atoms with Crippen molar-refractivity contribution in [3.8, 4) is 0 Å². The number of carbonyl (C=O) groups is 2. The van der Waals surface area contributed by atoms with E-state index in [1.807, 2.05) is 0 Å². The molecule has 2 amide bonds. The van der Waals surface area contributed by atoms with E-state index >= 15 is 0 Å². The first-order chi connectivity index (χ1) is 8.61. The number of carboxylic acid groups (broad SMARTS) is 1. The average Bonchev–Trinajstić information content (AvgIpc) is 2.21. The fraction of sp³-hybridized carbons (Fsp3) is 0.778. The third-order valence-corrected chi connectivity index (χ3v) is 3.81. The van der Waals surface area contributed by atoms with Crippen molar-refractivity contribution < 1.29 is 27.3 Å². The Morgan fingerprint density at radius 2 is 1.95 bits per heavy atom. The number of hydrogen-bond donors (Lipinski definition) is 3. The molecule has 0 fully saturated rings. The van der Waals surface area contributed by atoms with Crippen LogP contribution >= 0.6 is 0 Å². The van der Waals surface area contributed by atoms with Crippen LogP contribution in [0.3, 0.4) is 0 Å². The summed E-state index contributed by atoms with van der Waals surface area (Å²) in [4.78, 5) is 22.2. The Labute approximate surface area is 114 Å². The van der Waals surface area contributed by atoms with Crippen LogP contribution in [0.1, 0.15) is 6.42 Å². The summed E-state index contributed by atoms with van der Waals surface area (Å²) in [6, 6.07) is -2.01. The number of hydrogen-bond acceptors (Lipinski definition) is 5. The van der Waals surface area contributed by atoms with Crippen molar-refractivity contribution in [3.05, 3.63) is 0 Å². The highest BCUT2D eigenvalue weighted by Gasteiger charge is 2.21. The molecule has 0 rings (SSSR count). The SMILES string of the molecule is CS(=O)CCNC(=O)NC(CCS(C)(=O)=O)C(=O)O. The topological polar surface area (TPSA) is 130 Å². The summed E-state index contributed by atoms with van der Waals surface area (Å²) in [6.07, 6.45) is 2.26. The Morgan fingerprint density at radius 1 is 1.37 bits per heavy atom. The number of nitrogens with one attached hydrogen (secondary N) is 2. The number of urea groups is 1. The summed E-state index contributed by atoms with van der Waals surface area (Å²) >= 11 is 0. The van der Waals surface area contributed by atoms with Crippen molar-refractivity contribution in [2.24, 2.45) is 0 Å². The highest BCUT2D eigenvalue weighted by Crippen LogP contribution is 1.97. The van der Waals surface area contributed by atoms with Crippen LogP contribution in [0, 0.1) is 0 Å². The van der Waals surface area contributed by atoms with Gasteiger partial charge >= 0.3 is 12.0 Å². The van der Waals surface area contributed by atoms with Crippen LogP contribution in [0.4, 0.5) is 4.79 Å². The molecule has 3 N–H and O–H groups in total. The first kappa shape index (κ1) is 17.8. The molecule has 0 aliphatic carbocycles. The van der Waals surface area contributed by atoms with Crippen molar-refractivity contribution in [2.45, 2.75) is 12.5 Å². The lowest BCUT2D eigenvalue weighted by Gasteiger charge is -2.14. The van der Waals surface area contributed by atoms with Crippen LogP contribution in [0.15, 0.2) is 0 Å². The number of aliphatic carboxylic acids is 1. The number of carboxylic acids is 1. The van der Waals surface area contributed by atoms with E-state index < -0.39 is 38.7 Å². The summed E-state index contributed by atoms with van der Waals surface area (Å²) in [6.45, 7) is 0.146. The van der Waals surface area contributed by atoms with Crippen molar-refractivity contribution in [1.29, 1.82) is 0 Å². The Balaban J connectivity index is 4.23. The Kier molecular flexibility index (Phi) is 7.61. The minimum Gasteiger partial charge on any atom is -0.480 e. The fourth-order valence-electron chi connectivity index (χ4n) is 1.11. The number of sulfone groups is 1. The number of amides is 2. The van der Waals surface area contributed by atoms with Crippen molar-refractivity contribution in [3.63, 3.8) is 0 Å². The summed E-state index contributed by atoms with van der Waals surface area (Å²) in [5.74, 6) is -1.38. The van der Waals surface area contributed by atoms with Gasteiger partial charge in [0.1, 0.15) is 15.9 Å². The molecule has 8 nitrogen and oxygen atoms in total. The molecule has 0 saturated carbocycles. The van der Waals surface area contributed by atoms with E-state index in [4.69, 9.17) is 5.11 Å². The number of rotatable bonds is 8. The largest absolute Gasteiger partial charge is 0.480 e. The van der Waals surface area contributed by atoms with E-state index in [0.29, 0.717) is 0 Å². The first-order valence-corrected chi connectivity index (χ1v) is 9.15. The van der Waals surface area contributed by atoms with Crippen molar-refractivity contribution >= 4 is 32.6 Å². The fourth-order valence-corrected chi connectivity index (χ4v) is 2.16. The molecule has 2 unspecified atom stereocenters. The van der Waals surface area contributed by atoms with E-state index in [1.165, 1.54) is 6.26 Å². The predicted molar refractivity (Wildman–Crippen MR) is 71.2 cm³/mol. The quantitative estimate of drug-likeness (QED) is 0.503. The molecule has 0 aromatic rings. The maximum atomic E-state index is 11.3. The molecule has 0 spiro atoms. The minimum absolute atomic E-state index is 0.146.